The van der Waals surface area contributed by atoms with Crippen LogP contribution < -0.4 is 5.32 Å². The van der Waals surface area contributed by atoms with Gasteiger partial charge in [-0.25, -0.2) is 0 Å². The average Bonchev–Trinajstić information content (AvgIpc) is 2.73. The molecule has 1 N–H and O–H groups in total. The Morgan fingerprint density at radius 3 is 1.93 bits per heavy atom. The van der Waals surface area contributed by atoms with Gasteiger partial charge in [-0.15, -0.1) is 0 Å². The highest BCUT2D eigenvalue weighted by atomic mass is 32.2. The summed E-state index contributed by atoms with van der Waals surface area (Å²) in [4.78, 5) is 0.138. The molecule has 0 saturated carbocycles. The third-order valence-corrected chi connectivity index (χ3v) is 5.44. The minimum absolute atomic E-state index is 0.0304. The summed E-state index contributed by atoms with van der Waals surface area (Å²) in [6, 6.07) is 8.03. The van der Waals surface area contributed by atoms with Gasteiger partial charge in [0, 0.05) is 0 Å². The van der Waals surface area contributed by atoms with Crippen LogP contribution in [0.3, 0.4) is 0 Å². The zero-order valence-electron chi connectivity index (χ0n) is 16.2. The highest BCUT2D eigenvalue weighted by Gasteiger charge is 2.14. The quantitative estimate of drug-likeness (QED) is 0.336. The van der Waals surface area contributed by atoms with Crippen LogP contribution in [-0.2, 0) is 33.2 Å². The largest absolute Gasteiger partial charge is 0.377 e. The first-order chi connectivity index (χ1) is 13.7. The van der Waals surface area contributed by atoms with Gasteiger partial charge >= 0.3 is 0 Å². The molecule has 0 spiro atoms. The molecule has 1 aliphatic heterocycles. The van der Waals surface area contributed by atoms with E-state index in [1.807, 2.05) is 0 Å². The van der Waals surface area contributed by atoms with Gasteiger partial charge in [0.25, 0.3) is 10.1 Å². The maximum absolute atomic E-state index is 11.9. The molecule has 1 aromatic rings. The fraction of sp³-hybridized carbons (Fsp3) is 0.684. The van der Waals surface area contributed by atoms with Crippen molar-refractivity contribution in [3.63, 3.8) is 0 Å². The first-order valence-electron chi connectivity index (χ1n) is 9.68. The van der Waals surface area contributed by atoms with Gasteiger partial charge in [0.2, 0.25) is 0 Å². The molecule has 0 aromatic heterocycles. The molecule has 28 heavy (non-hydrogen) atoms. The van der Waals surface area contributed by atoms with Gasteiger partial charge < -0.3 is 24.3 Å². The lowest BCUT2D eigenvalue weighted by molar-refractivity contribution is -0.0259. The summed E-state index contributed by atoms with van der Waals surface area (Å²) in [5.41, 5.74) is 0. The Balaban J connectivity index is 1.34. The van der Waals surface area contributed by atoms with Crippen molar-refractivity contribution in [1.82, 2.24) is 5.32 Å². The van der Waals surface area contributed by atoms with E-state index in [0.29, 0.717) is 45.7 Å². The molecule has 1 fully saturated rings. The normalized spacial score (nSPS) is 15.7. The van der Waals surface area contributed by atoms with Crippen molar-refractivity contribution in [2.45, 2.75) is 23.8 Å². The molecular formula is C19H31NO7S. The Labute approximate surface area is 167 Å². The number of nitrogens with one attached hydrogen (secondary N) is 1. The molecule has 0 unspecified atom stereocenters. The van der Waals surface area contributed by atoms with Gasteiger partial charge in [0.15, 0.2) is 0 Å². The standard InChI is InChI=1S/C19H31NO7S/c21-28(22,19-4-2-1-3-5-19)27-17-15-25-13-11-23-10-12-24-14-16-26-18-6-8-20-9-7-18/h1-5,18,20H,6-17H2. The second-order valence-electron chi connectivity index (χ2n) is 6.25. The van der Waals surface area contributed by atoms with Crippen LogP contribution in [0.15, 0.2) is 35.2 Å². The summed E-state index contributed by atoms with van der Waals surface area (Å²) < 4.78 is 50.5. The Morgan fingerprint density at radius 1 is 0.786 bits per heavy atom. The highest BCUT2D eigenvalue weighted by Crippen LogP contribution is 2.10. The zero-order chi connectivity index (χ0) is 19.9. The third kappa shape index (κ3) is 9.92. The Kier molecular flexibility index (Phi) is 11.6. The van der Waals surface area contributed by atoms with Crippen molar-refractivity contribution in [1.29, 1.82) is 0 Å². The summed E-state index contributed by atoms with van der Waals surface area (Å²) in [6.07, 6.45) is 2.48. The number of piperidine rings is 1. The summed E-state index contributed by atoms with van der Waals surface area (Å²) in [6.45, 7) is 5.15. The minimum atomic E-state index is -3.72. The first-order valence-corrected chi connectivity index (χ1v) is 11.1. The summed E-state index contributed by atoms with van der Waals surface area (Å²) >= 11 is 0. The number of ether oxygens (including phenoxy) is 4. The second kappa shape index (κ2) is 14.0. The molecule has 1 aromatic carbocycles. The van der Waals surface area contributed by atoms with Gasteiger partial charge in [-0.1, -0.05) is 18.2 Å². The van der Waals surface area contributed by atoms with Crippen LogP contribution in [0.2, 0.25) is 0 Å². The topological polar surface area (TPSA) is 92.3 Å². The minimum Gasteiger partial charge on any atom is -0.377 e. The Morgan fingerprint density at radius 2 is 1.32 bits per heavy atom. The van der Waals surface area contributed by atoms with Gasteiger partial charge in [-0.3, -0.25) is 4.18 Å². The zero-order valence-corrected chi connectivity index (χ0v) is 17.0. The first kappa shape index (κ1) is 23.2. The summed E-state index contributed by atoms with van der Waals surface area (Å²) in [5.74, 6) is 0. The average molecular weight is 418 g/mol. The van der Waals surface area contributed by atoms with E-state index in [-0.39, 0.29) is 18.1 Å². The molecule has 0 atom stereocenters. The smallest absolute Gasteiger partial charge is 0.297 e. The fourth-order valence-corrected chi connectivity index (χ4v) is 3.55. The van der Waals surface area contributed by atoms with Crippen LogP contribution in [0.25, 0.3) is 0 Å². The van der Waals surface area contributed by atoms with Crippen LogP contribution in [-0.4, -0.2) is 80.5 Å². The molecule has 0 bridgehead atoms. The summed E-state index contributed by atoms with van der Waals surface area (Å²) in [7, 11) is -3.72. The van der Waals surface area contributed by atoms with Crippen molar-refractivity contribution in [2.24, 2.45) is 0 Å². The van der Waals surface area contributed by atoms with Crippen molar-refractivity contribution >= 4 is 10.1 Å². The second-order valence-corrected chi connectivity index (χ2v) is 7.86. The molecule has 0 radical (unpaired) electrons. The molecule has 0 amide bonds. The highest BCUT2D eigenvalue weighted by molar-refractivity contribution is 7.86. The molecule has 9 heteroatoms. The van der Waals surface area contributed by atoms with E-state index in [1.165, 1.54) is 12.1 Å². The SMILES string of the molecule is O=S(=O)(OCCOCCOCCOCCOC1CCNCC1)c1ccccc1. The molecule has 160 valence electrons. The molecular weight excluding hydrogens is 386 g/mol. The van der Waals surface area contributed by atoms with E-state index in [2.05, 4.69) is 5.32 Å². The summed E-state index contributed by atoms with van der Waals surface area (Å²) in [5, 5.41) is 3.30. The van der Waals surface area contributed by atoms with Crippen LogP contribution in [0.1, 0.15) is 12.8 Å². The van der Waals surface area contributed by atoms with E-state index in [9.17, 15) is 8.42 Å². The third-order valence-electron chi connectivity index (χ3n) is 4.11. The number of rotatable bonds is 15. The van der Waals surface area contributed by atoms with Crippen molar-refractivity contribution in [3.05, 3.63) is 30.3 Å². The van der Waals surface area contributed by atoms with E-state index in [0.717, 1.165) is 25.9 Å². The van der Waals surface area contributed by atoms with E-state index < -0.39 is 10.1 Å². The fourth-order valence-electron chi connectivity index (χ4n) is 2.64. The monoisotopic (exact) mass is 417 g/mol. The lowest BCUT2D eigenvalue weighted by Gasteiger charge is -2.22. The predicted molar refractivity (Wildman–Crippen MR) is 104 cm³/mol. The van der Waals surface area contributed by atoms with Crippen LogP contribution >= 0.6 is 0 Å². The number of hydrogen-bond donors (Lipinski definition) is 1. The van der Waals surface area contributed by atoms with Gasteiger partial charge in [0.05, 0.1) is 63.9 Å². The van der Waals surface area contributed by atoms with Crippen molar-refractivity contribution in [2.75, 3.05) is 65.9 Å². The predicted octanol–water partition coefficient (Wildman–Crippen LogP) is 1.21. The van der Waals surface area contributed by atoms with E-state index in [1.54, 1.807) is 18.2 Å². The van der Waals surface area contributed by atoms with Crippen molar-refractivity contribution < 1.29 is 31.5 Å². The van der Waals surface area contributed by atoms with Gasteiger partial charge in [-0.05, 0) is 38.1 Å². The van der Waals surface area contributed by atoms with E-state index >= 15 is 0 Å². The molecule has 1 aliphatic rings. The maximum atomic E-state index is 11.9. The Hall–Kier alpha value is -1.07. The molecule has 1 heterocycles. The van der Waals surface area contributed by atoms with Crippen LogP contribution in [0.4, 0.5) is 0 Å². The molecule has 0 aliphatic carbocycles. The lowest BCUT2D eigenvalue weighted by atomic mass is 10.1. The van der Waals surface area contributed by atoms with Crippen molar-refractivity contribution in [3.8, 4) is 0 Å². The molecule has 1 saturated heterocycles. The maximum Gasteiger partial charge on any atom is 0.297 e. The number of benzene rings is 1. The van der Waals surface area contributed by atoms with Gasteiger partial charge in [-0.2, -0.15) is 8.42 Å². The Bertz CT molecular complexity index is 606. The van der Waals surface area contributed by atoms with Gasteiger partial charge in [0.1, 0.15) is 0 Å². The van der Waals surface area contributed by atoms with Crippen LogP contribution in [0.5, 0.6) is 0 Å². The van der Waals surface area contributed by atoms with Crippen LogP contribution in [0, 0.1) is 0 Å². The molecule has 2 rings (SSSR count). The molecule has 8 nitrogen and oxygen atoms in total. The number of hydrogen-bond acceptors (Lipinski definition) is 8. The lowest BCUT2D eigenvalue weighted by Crippen LogP contribution is -2.33. The van der Waals surface area contributed by atoms with E-state index in [4.69, 9.17) is 23.1 Å².